The van der Waals surface area contributed by atoms with Gasteiger partial charge in [-0.1, -0.05) is 0 Å². The van der Waals surface area contributed by atoms with Crippen molar-refractivity contribution < 1.29 is 8.42 Å². The lowest BCUT2D eigenvalue weighted by molar-refractivity contribution is 0.495. The van der Waals surface area contributed by atoms with Crippen LogP contribution in [-0.2, 0) is 22.9 Å². The van der Waals surface area contributed by atoms with Gasteiger partial charge in [0.1, 0.15) is 0 Å². The van der Waals surface area contributed by atoms with E-state index in [1.54, 1.807) is 13.8 Å². The highest BCUT2D eigenvalue weighted by molar-refractivity contribution is 7.91. The molecular formula is C11H19N3O2S. The van der Waals surface area contributed by atoms with Crippen LogP contribution >= 0.6 is 0 Å². The third kappa shape index (κ3) is 1.89. The Hall–Kier alpha value is -0.880. The minimum absolute atomic E-state index is 0.106. The van der Waals surface area contributed by atoms with Crippen LogP contribution in [0.25, 0.3) is 0 Å². The Morgan fingerprint density at radius 2 is 1.88 bits per heavy atom. The zero-order valence-corrected chi connectivity index (χ0v) is 11.5. The first-order chi connectivity index (χ1) is 7.85. The first-order valence-electron chi connectivity index (χ1n) is 5.90. The molecule has 5 nitrogen and oxygen atoms in total. The van der Waals surface area contributed by atoms with Gasteiger partial charge in [-0.15, -0.1) is 0 Å². The fourth-order valence-electron chi connectivity index (χ4n) is 2.06. The summed E-state index contributed by atoms with van der Waals surface area (Å²) in [6.45, 7) is 8.72. The normalized spacial score (nSPS) is 15.9. The van der Waals surface area contributed by atoms with Gasteiger partial charge in [-0.25, -0.2) is 13.4 Å². The van der Waals surface area contributed by atoms with E-state index in [4.69, 9.17) is 0 Å². The molecule has 0 amide bonds. The summed E-state index contributed by atoms with van der Waals surface area (Å²) in [5.41, 5.74) is 1.89. The molecule has 1 aromatic heterocycles. The van der Waals surface area contributed by atoms with Crippen LogP contribution in [0.2, 0.25) is 0 Å². The van der Waals surface area contributed by atoms with Crippen molar-refractivity contribution >= 4 is 9.84 Å². The molecule has 17 heavy (non-hydrogen) atoms. The van der Waals surface area contributed by atoms with Crippen molar-refractivity contribution in [3.8, 4) is 0 Å². The first kappa shape index (κ1) is 12.6. The molecule has 2 rings (SSSR count). The topological polar surface area (TPSA) is 64.0 Å². The summed E-state index contributed by atoms with van der Waals surface area (Å²) in [6.07, 6.45) is 0. The number of imidazole rings is 1. The van der Waals surface area contributed by atoms with E-state index in [0.29, 0.717) is 13.1 Å². The maximum absolute atomic E-state index is 12.3. The number of hydrogen-bond acceptors (Lipinski definition) is 4. The van der Waals surface area contributed by atoms with Crippen molar-refractivity contribution in [1.82, 2.24) is 14.9 Å². The standard InChI is InChI=1S/C11H19N3O2S/c1-7(2)14-10-6-12-5-9(10)13-11(14)17(15,16)8(3)4/h7-8,12H,5-6H2,1-4H3. The minimum atomic E-state index is -3.31. The molecule has 0 fully saturated rings. The zero-order chi connectivity index (χ0) is 12.8. The largest absolute Gasteiger partial charge is 0.315 e. The molecule has 1 aliphatic heterocycles. The minimum Gasteiger partial charge on any atom is -0.315 e. The van der Waals surface area contributed by atoms with E-state index in [-0.39, 0.29) is 11.2 Å². The monoisotopic (exact) mass is 257 g/mol. The second-order valence-corrected chi connectivity index (χ2v) is 7.35. The van der Waals surface area contributed by atoms with E-state index < -0.39 is 15.1 Å². The lowest BCUT2D eigenvalue weighted by atomic mass is 10.3. The Morgan fingerprint density at radius 1 is 1.24 bits per heavy atom. The summed E-state index contributed by atoms with van der Waals surface area (Å²) < 4.78 is 26.4. The molecule has 0 spiro atoms. The Balaban J connectivity index is 2.64. The Morgan fingerprint density at radius 3 is 2.41 bits per heavy atom. The molecule has 1 aromatic rings. The van der Waals surface area contributed by atoms with Crippen LogP contribution in [0, 0.1) is 0 Å². The molecule has 1 aliphatic rings. The maximum atomic E-state index is 12.3. The van der Waals surface area contributed by atoms with Crippen LogP contribution < -0.4 is 5.32 Å². The SMILES string of the molecule is CC(C)n1c(S(=O)(=O)C(C)C)nc2c1CNC2. The number of nitrogens with one attached hydrogen (secondary N) is 1. The van der Waals surface area contributed by atoms with Gasteiger partial charge >= 0.3 is 0 Å². The average Bonchev–Trinajstić information content (AvgIpc) is 2.74. The van der Waals surface area contributed by atoms with Crippen LogP contribution in [0.15, 0.2) is 5.16 Å². The Labute approximate surface area is 102 Å². The number of sulfone groups is 1. The lowest BCUT2D eigenvalue weighted by Crippen LogP contribution is -2.22. The third-order valence-corrected chi connectivity index (χ3v) is 5.08. The smallest absolute Gasteiger partial charge is 0.228 e. The van der Waals surface area contributed by atoms with Crippen LogP contribution in [0.1, 0.15) is 45.1 Å². The van der Waals surface area contributed by atoms with Crippen molar-refractivity contribution in [3.63, 3.8) is 0 Å². The van der Waals surface area contributed by atoms with Crippen molar-refractivity contribution in [3.05, 3.63) is 11.4 Å². The van der Waals surface area contributed by atoms with Gasteiger partial charge in [0, 0.05) is 19.1 Å². The molecule has 0 unspecified atom stereocenters. The fraction of sp³-hybridized carbons (Fsp3) is 0.727. The molecule has 6 heteroatoms. The van der Waals surface area contributed by atoms with Gasteiger partial charge in [-0.05, 0) is 27.7 Å². The highest BCUT2D eigenvalue weighted by Gasteiger charge is 2.31. The molecule has 0 aliphatic carbocycles. The van der Waals surface area contributed by atoms with E-state index >= 15 is 0 Å². The number of fused-ring (bicyclic) bond motifs is 1. The summed E-state index contributed by atoms with van der Waals surface area (Å²) in [6, 6.07) is 0.106. The van der Waals surface area contributed by atoms with Crippen LogP contribution in [0.4, 0.5) is 0 Å². The number of nitrogens with zero attached hydrogens (tertiary/aromatic N) is 2. The van der Waals surface area contributed by atoms with E-state index in [9.17, 15) is 8.42 Å². The fourth-order valence-corrected chi connectivity index (χ4v) is 3.31. The Bertz CT molecular complexity index is 529. The molecule has 2 heterocycles. The first-order valence-corrected chi connectivity index (χ1v) is 7.45. The molecule has 96 valence electrons. The van der Waals surface area contributed by atoms with Gasteiger partial charge in [0.05, 0.1) is 16.6 Å². The summed E-state index contributed by atoms with van der Waals surface area (Å²) in [4.78, 5) is 4.32. The summed E-state index contributed by atoms with van der Waals surface area (Å²) >= 11 is 0. The number of rotatable bonds is 3. The Kier molecular flexibility index (Phi) is 3.03. The third-order valence-electron chi connectivity index (χ3n) is 3.04. The zero-order valence-electron chi connectivity index (χ0n) is 10.7. The quantitative estimate of drug-likeness (QED) is 0.885. The molecule has 0 radical (unpaired) electrons. The van der Waals surface area contributed by atoms with Crippen molar-refractivity contribution in [1.29, 1.82) is 0 Å². The average molecular weight is 257 g/mol. The lowest BCUT2D eigenvalue weighted by Gasteiger charge is -2.16. The van der Waals surface area contributed by atoms with Crippen molar-refractivity contribution in [2.45, 2.75) is 57.2 Å². The van der Waals surface area contributed by atoms with Gasteiger partial charge in [-0.3, -0.25) is 0 Å². The van der Waals surface area contributed by atoms with Crippen LogP contribution in [0.5, 0.6) is 0 Å². The van der Waals surface area contributed by atoms with Gasteiger partial charge in [0.15, 0.2) is 0 Å². The number of aromatic nitrogens is 2. The molecule has 0 atom stereocenters. The van der Waals surface area contributed by atoms with Gasteiger partial charge in [0.2, 0.25) is 15.0 Å². The second-order valence-electron chi connectivity index (χ2n) is 4.95. The van der Waals surface area contributed by atoms with E-state index in [1.165, 1.54) is 0 Å². The van der Waals surface area contributed by atoms with E-state index in [2.05, 4.69) is 10.3 Å². The van der Waals surface area contributed by atoms with Crippen LogP contribution in [-0.4, -0.2) is 23.2 Å². The molecule has 0 saturated carbocycles. The van der Waals surface area contributed by atoms with Crippen molar-refractivity contribution in [2.24, 2.45) is 0 Å². The van der Waals surface area contributed by atoms with Gasteiger partial charge < -0.3 is 9.88 Å². The van der Waals surface area contributed by atoms with Crippen LogP contribution in [0.3, 0.4) is 0 Å². The van der Waals surface area contributed by atoms with Crippen molar-refractivity contribution in [2.75, 3.05) is 0 Å². The van der Waals surface area contributed by atoms with E-state index in [0.717, 1.165) is 11.4 Å². The highest BCUT2D eigenvalue weighted by atomic mass is 32.2. The predicted octanol–water partition coefficient (Wildman–Crippen LogP) is 1.25. The second kappa shape index (κ2) is 4.10. The summed E-state index contributed by atoms with van der Waals surface area (Å²) in [5.74, 6) is 0. The number of hydrogen-bond donors (Lipinski definition) is 1. The maximum Gasteiger partial charge on any atom is 0.228 e. The highest BCUT2D eigenvalue weighted by Crippen LogP contribution is 2.26. The molecular weight excluding hydrogens is 238 g/mol. The van der Waals surface area contributed by atoms with Gasteiger partial charge in [-0.2, -0.15) is 0 Å². The summed E-state index contributed by atoms with van der Waals surface area (Å²) in [7, 11) is -3.31. The molecule has 0 saturated heterocycles. The van der Waals surface area contributed by atoms with E-state index in [1.807, 2.05) is 18.4 Å². The molecule has 0 bridgehead atoms. The summed E-state index contributed by atoms with van der Waals surface area (Å²) in [5, 5.41) is 2.99. The molecule has 0 aromatic carbocycles. The predicted molar refractivity (Wildman–Crippen MR) is 65.5 cm³/mol. The van der Waals surface area contributed by atoms with Gasteiger partial charge in [0.25, 0.3) is 0 Å². The molecule has 1 N–H and O–H groups in total.